The molecule has 4 nitrogen and oxygen atoms in total. The first-order valence-corrected chi connectivity index (χ1v) is 6.25. The minimum atomic E-state index is -0.491. The van der Waals surface area contributed by atoms with Crippen molar-refractivity contribution in [3.63, 3.8) is 0 Å². The van der Waals surface area contributed by atoms with Gasteiger partial charge in [-0.3, -0.25) is 9.59 Å². The van der Waals surface area contributed by atoms with E-state index < -0.39 is 5.97 Å². The molecule has 1 aromatic carbocycles. The van der Waals surface area contributed by atoms with Gasteiger partial charge in [0.2, 0.25) is 5.91 Å². The lowest BCUT2D eigenvalue weighted by Gasteiger charge is -2.20. The predicted octanol–water partition coefficient (Wildman–Crippen LogP) is 2.15. The van der Waals surface area contributed by atoms with Crippen LogP contribution >= 0.6 is 0 Å². The summed E-state index contributed by atoms with van der Waals surface area (Å²) in [6, 6.07) is 9.62. The molecule has 0 atom stereocenters. The highest BCUT2D eigenvalue weighted by molar-refractivity contribution is 5.94. The van der Waals surface area contributed by atoms with Crippen LogP contribution < -0.4 is 0 Å². The molecule has 1 aromatic rings. The van der Waals surface area contributed by atoms with E-state index in [0.29, 0.717) is 13.1 Å². The van der Waals surface area contributed by atoms with Crippen molar-refractivity contribution in [1.29, 1.82) is 0 Å². The molecule has 0 heterocycles. The Hall–Kier alpha value is -2.10. The van der Waals surface area contributed by atoms with E-state index in [1.54, 1.807) is 17.9 Å². The quantitative estimate of drug-likeness (QED) is 0.429. The third kappa shape index (κ3) is 5.38. The van der Waals surface area contributed by atoms with Gasteiger partial charge in [-0.1, -0.05) is 36.4 Å². The van der Waals surface area contributed by atoms with Gasteiger partial charge in [-0.25, -0.2) is 0 Å². The fourth-order valence-electron chi connectivity index (χ4n) is 1.66. The smallest absolute Gasteiger partial charge is 0.315 e. The molecule has 0 fully saturated rings. The number of benzene rings is 1. The average Bonchev–Trinajstić information content (AvgIpc) is 2.39. The molecule has 0 aliphatic carbocycles. The van der Waals surface area contributed by atoms with Crippen LogP contribution in [0.15, 0.2) is 43.0 Å². The second-order valence-electron chi connectivity index (χ2n) is 4.03. The molecule has 0 radical (unpaired) electrons. The molecule has 4 heteroatoms. The zero-order chi connectivity index (χ0) is 14.1. The maximum absolute atomic E-state index is 12.0. The Labute approximate surface area is 113 Å². The lowest BCUT2D eigenvalue weighted by Crippen LogP contribution is -2.32. The summed E-state index contributed by atoms with van der Waals surface area (Å²) in [4.78, 5) is 24.9. The molecule has 0 spiro atoms. The number of hydrogen-bond donors (Lipinski definition) is 0. The summed E-state index contributed by atoms with van der Waals surface area (Å²) < 4.78 is 4.78. The Morgan fingerprint density at radius 2 is 2.00 bits per heavy atom. The topological polar surface area (TPSA) is 46.6 Å². The van der Waals surface area contributed by atoms with Crippen LogP contribution in [-0.2, 0) is 20.9 Å². The summed E-state index contributed by atoms with van der Waals surface area (Å²) in [7, 11) is 0. The van der Waals surface area contributed by atoms with E-state index in [0.717, 1.165) is 5.56 Å². The van der Waals surface area contributed by atoms with Crippen LogP contribution in [0.2, 0.25) is 0 Å². The van der Waals surface area contributed by atoms with Crippen LogP contribution in [0, 0.1) is 0 Å². The number of carbonyl (C=O) groups is 2. The van der Waals surface area contributed by atoms with Crippen molar-refractivity contribution in [2.45, 2.75) is 19.9 Å². The number of hydrogen-bond acceptors (Lipinski definition) is 3. The number of nitrogens with zero attached hydrogens (tertiary/aromatic N) is 1. The molecule has 1 rings (SSSR count). The summed E-state index contributed by atoms with van der Waals surface area (Å²) >= 11 is 0. The Morgan fingerprint density at radius 1 is 1.32 bits per heavy atom. The van der Waals surface area contributed by atoms with Gasteiger partial charge in [-0.2, -0.15) is 0 Å². The van der Waals surface area contributed by atoms with Crippen LogP contribution in [0.25, 0.3) is 0 Å². The summed E-state index contributed by atoms with van der Waals surface area (Å²) in [5.74, 6) is -0.739. The maximum atomic E-state index is 12.0. The average molecular weight is 261 g/mol. The van der Waals surface area contributed by atoms with Gasteiger partial charge in [0, 0.05) is 13.1 Å². The summed E-state index contributed by atoms with van der Waals surface area (Å²) in [6.07, 6.45) is 1.42. The number of amides is 1. The molecule has 1 amide bonds. The van der Waals surface area contributed by atoms with Crippen molar-refractivity contribution in [3.8, 4) is 0 Å². The van der Waals surface area contributed by atoms with Gasteiger partial charge < -0.3 is 9.64 Å². The number of esters is 1. The minimum absolute atomic E-state index is 0.228. The fraction of sp³-hybridized carbons (Fsp3) is 0.333. The van der Waals surface area contributed by atoms with E-state index >= 15 is 0 Å². The summed E-state index contributed by atoms with van der Waals surface area (Å²) in [5, 5.41) is 0. The fourth-order valence-corrected chi connectivity index (χ4v) is 1.66. The first kappa shape index (κ1) is 15.0. The van der Waals surface area contributed by atoms with Crippen molar-refractivity contribution in [2.75, 3.05) is 13.2 Å². The Bertz CT molecular complexity index is 428. The zero-order valence-electron chi connectivity index (χ0n) is 11.2. The van der Waals surface area contributed by atoms with Crippen molar-refractivity contribution in [1.82, 2.24) is 4.90 Å². The molecule has 0 N–H and O–H groups in total. The number of carbonyl (C=O) groups excluding carboxylic acids is 2. The van der Waals surface area contributed by atoms with Gasteiger partial charge in [0.25, 0.3) is 0 Å². The highest BCUT2D eigenvalue weighted by Gasteiger charge is 2.17. The molecule has 0 saturated carbocycles. The van der Waals surface area contributed by atoms with Crippen LogP contribution in [-0.4, -0.2) is 29.9 Å². The van der Waals surface area contributed by atoms with Crippen molar-refractivity contribution < 1.29 is 14.3 Å². The Kier molecular flexibility index (Phi) is 6.36. The lowest BCUT2D eigenvalue weighted by atomic mass is 10.2. The van der Waals surface area contributed by atoms with Crippen molar-refractivity contribution in [3.05, 3.63) is 48.6 Å². The van der Waals surface area contributed by atoms with Gasteiger partial charge in [0.05, 0.1) is 6.61 Å². The molecule has 0 saturated heterocycles. The van der Waals surface area contributed by atoms with Crippen LogP contribution in [0.4, 0.5) is 0 Å². The van der Waals surface area contributed by atoms with Crippen molar-refractivity contribution in [2.24, 2.45) is 0 Å². The van der Waals surface area contributed by atoms with E-state index in [-0.39, 0.29) is 18.9 Å². The van der Waals surface area contributed by atoms with Crippen LogP contribution in [0.1, 0.15) is 18.9 Å². The Morgan fingerprint density at radius 3 is 2.58 bits per heavy atom. The second kappa shape index (κ2) is 8.08. The Balaban J connectivity index is 2.63. The molecular weight excluding hydrogens is 242 g/mol. The van der Waals surface area contributed by atoms with Gasteiger partial charge in [0.15, 0.2) is 0 Å². The third-order valence-electron chi connectivity index (χ3n) is 2.52. The van der Waals surface area contributed by atoms with Crippen LogP contribution in [0.3, 0.4) is 0 Å². The predicted molar refractivity (Wildman–Crippen MR) is 73.3 cm³/mol. The maximum Gasteiger partial charge on any atom is 0.315 e. The molecule has 0 aliphatic rings. The first-order valence-electron chi connectivity index (χ1n) is 6.25. The van der Waals surface area contributed by atoms with E-state index in [2.05, 4.69) is 6.58 Å². The van der Waals surface area contributed by atoms with Gasteiger partial charge >= 0.3 is 5.97 Å². The molecule has 0 aromatic heterocycles. The summed E-state index contributed by atoms with van der Waals surface area (Å²) in [6.45, 7) is 6.50. The first-order chi connectivity index (χ1) is 9.17. The molecular formula is C15H19NO3. The van der Waals surface area contributed by atoms with Gasteiger partial charge in [0.1, 0.15) is 6.42 Å². The van der Waals surface area contributed by atoms with E-state index in [9.17, 15) is 9.59 Å². The van der Waals surface area contributed by atoms with E-state index in [4.69, 9.17) is 4.74 Å². The molecule has 0 unspecified atom stereocenters. The minimum Gasteiger partial charge on any atom is -0.466 e. The number of ether oxygens (including phenoxy) is 1. The highest BCUT2D eigenvalue weighted by Crippen LogP contribution is 2.06. The van der Waals surface area contributed by atoms with Gasteiger partial charge in [-0.15, -0.1) is 6.58 Å². The standard InChI is InChI=1S/C15H19NO3/c1-3-10-16(12-13-8-6-5-7-9-13)14(17)11-15(18)19-4-2/h3,5-9H,1,4,10-12H2,2H3. The molecule has 102 valence electrons. The molecule has 19 heavy (non-hydrogen) atoms. The largest absolute Gasteiger partial charge is 0.466 e. The second-order valence-corrected chi connectivity index (χ2v) is 4.03. The normalized spacial score (nSPS) is 9.74. The van der Waals surface area contributed by atoms with E-state index in [1.165, 1.54) is 0 Å². The summed E-state index contributed by atoms with van der Waals surface area (Å²) in [5.41, 5.74) is 1.02. The van der Waals surface area contributed by atoms with Gasteiger partial charge in [-0.05, 0) is 12.5 Å². The third-order valence-corrected chi connectivity index (χ3v) is 2.52. The lowest BCUT2D eigenvalue weighted by molar-refractivity contribution is -0.148. The SMILES string of the molecule is C=CCN(Cc1ccccc1)C(=O)CC(=O)OCC. The highest BCUT2D eigenvalue weighted by atomic mass is 16.5. The molecule has 0 aliphatic heterocycles. The van der Waals surface area contributed by atoms with E-state index in [1.807, 2.05) is 30.3 Å². The van der Waals surface area contributed by atoms with Crippen molar-refractivity contribution >= 4 is 11.9 Å². The van der Waals surface area contributed by atoms with Crippen LogP contribution in [0.5, 0.6) is 0 Å². The molecule has 0 bridgehead atoms. The number of rotatable bonds is 7. The monoisotopic (exact) mass is 261 g/mol. The zero-order valence-corrected chi connectivity index (χ0v) is 11.2.